The molecule has 0 aliphatic carbocycles. The lowest BCUT2D eigenvalue weighted by Crippen LogP contribution is -2.32. The maximum atomic E-state index is 11.9. The van der Waals surface area contributed by atoms with E-state index >= 15 is 0 Å². The van der Waals surface area contributed by atoms with E-state index in [0.29, 0.717) is 5.56 Å². The number of hydrogen-bond donors (Lipinski definition) is 1. The third kappa shape index (κ3) is 3.04. The van der Waals surface area contributed by atoms with Gasteiger partial charge in [0.15, 0.2) is 0 Å². The van der Waals surface area contributed by atoms with Crippen LogP contribution in [-0.4, -0.2) is 16.9 Å². The van der Waals surface area contributed by atoms with Crippen molar-refractivity contribution in [3.05, 3.63) is 39.4 Å². The second-order valence-corrected chi connectivity index (χ2v) is 3.94. The molecule has 0 fully saturated rings. The van der Waals surface area contributed by atoms with Gasteiger partial charge in [-0.2, -0.15) is 5.26 Å². The number of carbonyl (C=O) groups excluding carboxylic acids is 1. The summed E-state index contributed by atoms with van der Waals surface area (Å²) in [4.78, 5) is 22.1. The van der Waals surface area contributed by atoms with Crippen LogP contribution < -0.4 is 5.32 Å². The van der Waals surface area contributed by atoms with Crippen molar-refractivity contribution >= 4 is 11.6 Å². The fraction of sp³-hybridized carbons (Fsp3) is 0.333. The molecule has 18 heavy (non-hydrogen) atoms. The van der Waals surface area contributed by atoms with Gasteiger partial charge in [-0.15, -0.1) is 0 Å². The van der Waals surface area contributed by atoms with Crippen LogP contribution in [0.4, 0.5) is 5.69 Å². The molecule has 1 aromatic rings. The lowest BCUT2D eigenvalue weighted by molar-refractivity contribution is -0.385. The number of nitro benzene ring substituents is 1. The molecule has 1 atom stereocenters. The Kier molecular flexibility index (Phi) is 4.38. The molecule has 0 saturated heterocycles. The fourth-order valence-corrected chi connectivity index (χ4v) is 1.56. The van der Waals surface area contributed by atoms with E-state index in [9.17, 15) is 14.9 Å². The van der Waals surface area contributed by atoms with E-state index in [1.165, 1.54) is 25.1 Å². The largest absolute Gasteiger partial charge is 0.349 e. The minimum Gasteiger partial charge on any atom is -0.349 e. The number of carbonyl (C=O) groups is 1. The van der Waals surface area contributed by atoms with Crippen molar-refractivity contribution in [3.63, 3.8) is 0 Å². The second kappa shape index (κ2) is 5.77. The van der Waals surface area contributed by atoms with Gasteiger partial charge in [-0.05, 0) is 19.9 Å². The predicted molar refractivity (Wildman–Crippen MR) is 65.0 cm³/mol. The van der Waals surface area contributed by atoms with E-state index < -0.39 is 10.8 Å². The Morgan fingerprint density at radius 3 is 2.83 bits per heavy atom. The van der Waals surface area contributed by atoms with Gasteiger partial charge in [0.05, 0.1) is 17.4 Å². The SMILES string of the molecule is Cc1c(C(=O)NC(C)CC#N)cccc1[N+](=O)[O-]. The van der Waals surface area contributed by atoms with Crippen molar-refractivity contribution in [3.8, 4) is 6.07 Å². The minimum absolute atomic E-state index is 0.0874. The maximum absolute atomic E-state index is 11.9. The van der Waals surface area contributed by atoms with Crippen LogP contribution in [0.5, 0.6) is 0 Å². The maximum Gasteiger partial charge on any atom is 0.273 e. The first-order chi connectivity index (χ1) is 8.47. The monoisotopic (exact) mass is 247 g/mol. The van der Waals surface area contributed by atoms with E-state index in [0.717, 1.165) is 0 Å². The van der Waals surface area contributed by atoms with Crippen LogP contribution >= 0.6 is 0 Å². The Balaban J connectivity index is 2.97. The molecule has 1 aromatic carbocycles. The van der Waals surface area contributed by atoms with E-state index in [4.69, 9.17) is 5.26 Å². The highest BCUT2D eigenvalue weighted by atomic mass is 16.6. The molecule has 1 N–H and O–H groups in total. The standard InChI is InChI=1S/C12H13N3O3/c1-8(6-7-13)14-12(16)10-4-3-5-11(9(10)2)15(17)18/h3-5,8H,6H2,1-2H3,(H,14,16). The first-order valence-electron chi connectivity index (χ1n) is 5.39. The third-order valence-electron chi connectivity index (χ3n) is 2.52. The molecule has 6 heteroatoms. The minimum atomic E-state index is -0.523. The molecule has 0 aromatic heterocycles. The number of amides is 1. The van der Waals surface area contributed by atoms with Crippen LogP contribution in [0.3, 0.4) is 0 Å². The summed E-state index contributed by atoms with van der Waals surface area (Å²) in [5, 5.41) is 21.9. The quantitative estimate of drug-likeness (QED) is 0.649. The van der Waals surface area contributed by atoms with Gasteiger partial charge < -0.3 is 5.32 Å². The van der Waals surface area contributed by atoms with Gasteiger partial charge in [-0.25, -0.2) is 0 Å². The van der Waals surface area contributed by atoms with Crippen LogP contribution in [0.2, 0.25) is 0 Å². The van der Waals surface area contributed by atoms with Crippen LogP contribution in [0.1, 0.15) is 29.3 Å². The number of rotatable bonds is 4. The van der Waals surface area contributed by atoms with Gasteiger partial charge in [-0.3, -0.25) is 14.9 Å². The summed E-state index contributed by atoms with van der Waals surface area (Å²) in [6.45, 7) is 3.23. The molecule has 1 amide bonds. The van der Waals surface area contributed by atoms with Gasteiger partial charge in [0.2, 0.25) is 0 Å². The highest BCUT2D eigenvalue weighted by molar-refractivity contribution is 5.96. The predicted octanol–water partition coefficient (Wildman–Crippen LogP) is 1.94. The number of nitrogens with zero attached hydrogens (tertiary/aromatic N) is 2. The molecule has 0 heterocycles. The molecule has 1 rings (SSSR count). The normalized spacial score (nSPS) is 11.4. The molecular weight excluding hydrogens is 234 g/mol. The average molecular weight is 247 g/mol. The Bertz CT molecular complexity index is 520. The van der Waals surface area contributed by atoms with Gasteiger partial charge in [0.25, 0.3) is 11.6 Å². The molecule has 1 unspecified atom stereocenters. The van der Waals surface area contributed by atoms with Crippen molar-refractivity contribution in [1.29, 1.82) is 5.26 Å². The molecule has 6 nitrogen and oxygen atoms in total. The molecule has 0 spiro atoms. The zero-order chi connectivity index (χ0) is 13.7. The summed E-state index contributed by atoms with van der Waals surface area (Å²) < 4.78 is 0. The zero-order valence-corrected chi connectivity index (χ0v) is 10.1. The summed E-state index contributed by atoms with van der Waals surface area (Å²) in [6, 6.07) is 6.00. The zero-order valence-electron chi connectivity index (χ0n) is 10.1. The molecule has 0 aliphatic heterocycles. The first-order valence-corrected chi connectivity index (χ1v) is 5.39. The van der Waals surface area contributed by atoms with Gasteiger partial charge in [0.1, 0.15) is 0 Å². The number of benzene rings is 1. The topological polar surface area (TPSA) is 96.0 Å². The molecule has 94 valence electrons. The van der Waals surface area contributed by atoms with Crippen molar-refractivity contribution < 1.29 is 9.72 Å². The van der Waals surface area contributed by atoms with Gasteiger partial charge >= 0.3 is 0 Å². The average Bonchev–Trinajstić information content (AvgIpc) is 2.28. The van der Waals surface area contributed by atoms with Gasteiger partial charge in [0, 0.05) is 23.2 Å². The van der Waals surface area contributed by atoms with Crippen molar-refractivity contribution in [2.24, 2.45) is 0 Å². The van der Waals surface area contributed by atoms with Gasteiger partial charge in [-0.1, -0.05) is 6.07 Å². The summed E-state index contributed by atoms with van der Waals surface area (Å²) in [6.07, 6.45) is 0.194. The lowest BCUT2D eigenvalue weighted by Gasteiger charge is -2.11. The van der Waals surface area contributed by atoms with Crippen LogP contribution in [-0.2, 0) is 0 Å². The molecular formula is C12H13N3O3. The number of hydrogen-bond acceptors (Lipinski definition) is 4. The van der Waals surface area contributed by atoms with E-state index in [-0.39, 0.29) is 23.7 Å². The Hall–Kier alpha value is -2.42. The first kappa shape index (κ1) is 13.6. The number of nitro groups is 1. The third-order valence-corrected chi connectivity index (χ3v) is 2.52. The number of nitriles is 1. The van der Waals surface area contributed by atoms with Crippen molar-refractivity contribution in [2.75, 3.05) is 0 Å². The Morgan fingerprint density at radius 1 is 1.61 bits per heavy atom. The van der Waals surface area contributed by atoms with Crippen molar-refractivity contribution in [2.45, 2.75) is 26.3 Å². The lowest BCUT2D eigenvalue weighted by atomic mass is 10.1. The molecule has 0 saturated carbocycles. The van der Waals surface area contributed by atoms with Crippen LogP contribution in [0, 0.1) is 28.4 Å². The van der Waals surface area contributed by atoms with Crippen LogP contribution in [0.15, 0.2) is 18.2 Å². The highest BCUT2D eigenvalue weighted by Crippen LogP contribution is 2.21. The molecule has 0 radical (unpaired) electrons. The summed E-state index contributed by atoms with van der Waals surface area (Å²) in [5.41, 5.74) is 0.494. The Labute approximate surface area is 104 Å². The Morgan fingerprint density at radius 2 is 2.28 bits per heavy atom. The fourth-order valence-electron chi connectivity index (χ4n) is 1.56. The van der Waals surface area contributed by atoms with E-state index in [1.54, 1.807) is 6.92 Å². The summed E-state index contributed by atoms with van der Waals surface area (Å²) >= 11 is 0. The van der Waals surface area contributed by atoms with E-state index in [1.807, 2.05) is 6.07 Å². The summed E-state index contributed by atoms with van der Waals surface area (Å²) in [7, 11) is 0. The van der Waals surface area contributed by atoms with Crippen LogP contribution in [0.25, 0.3) is 0 Å². The summed E-state index contributed by atoms with van der Waals surface area (Å²) in [5.74, 6) is -0.404. The second-order valence-electron chi connectivity index (χ2n) is 3.94. The van der Waals surface area contributed by atoms with Crippen molar-refractivity contribution in [1.82, 2.24) is 5.32 Å². The smallest absolute Gasteiger partial charge is 0.273 e. The highest BCUT2D eigenvalue weighted by Gasteiger charge is 2.18. The van der Waals surface area contributed by atoms with E-state index in [2.05, 4.69) is 5.32 Å². The molecule has 0 bridgehead atoms. The molecule has 0 aliphatic rings. The number of nitrogens with one attached hydrogen (secondary N) is 1.